The second-order valence-corrected chi connectivity index (χ2v) is 37.8. The minimum atomic E-state index is -0.348. The number of nitrogens with zero attached hydrogens (tertiary/aromatic N) is 1. The molecule has 1 aromatic heterocycles. The summed E-state index contributed by atoms with van der Waals surface area (Å²) in [6.45, 7) is 26.8. The van der Waals surface area contributed by atoms with E-state index >= 15 is 0 Å². The Kier molecular flexibility index (Phi) is 19.9. The highest BCUT2D eigenvalue weighted by Gasteiger charge is 2.51. The lowest BCUT2D eigenvalue weighted by Crippen LogP contribution is -2.26. The van der Waals surface area contributed by atoms with Crippen molar-refractivity contribution in [2.45, 2.75) is 270 Å². The van der Waals surface area contributed by atoms with Gasteiger partial charge in [0, 0.05) is 60.5 Å². The molecule has 2 heteroatoms. The van der Waals surface area contributed by atoms with Gasteiger partial charge < -0.3 is 9.32 Å². The summed E-state index contributed by atoms with van der Waals surface area (Å²) in [5.74, 6) is 0. The molecule has 588 valence electrons. The summed E-state index contributed by atoms with van der Waals surface area (Å²) < 4.78 is 7.17. The fourth-order valence-electron chi connectivity index (χ4n) is 23.9. The third-order valence-electron chi connectivity index (χ3n) is 29.8. The van der Waals surface area contributed by atoms with Gasteiger partial charge >= 0.3 is 0 Å². The molecular weight excluding hydrogens is 1400 g/mol. The highest BCUT2D eigenvalue weighted by atomic mass is 16.3. The quantitative estimate of drug-likeness (QED) is 0.0435. The molecule has 12 aromatic carbocycles. The second kappa shape index (κ2) is 30.3. The van der Waals surface area contributed by atoms with Gasteiger partial charge in [0.05, 0.1) is 0 Å². The van der Waals surface area contributed by atoms with E-state index in [1.54, 1.807) is 16.7 Å². The molecule has 0 amide bonds. The van der Waals surface area contributed by atoms with Crippen LogP contribution in [0, 0.1) is 6.92 Å². The summed E-state index contributed by atoms with van der Waals surface area (Å²) in [5, 5.41) is 2.43. The van der Waals surface area contributed by atoms with Crippen LogP contribution in [-0.2, 0) is 39.9 Å². The topological polar surface area (TPSA) is 16.4 Å². The van der Waals surface area contributed by atoms with E-state index in [-0.39, 0.29) is 27.1 Å². The van der Waals surface area contributed by atoms with Crippen LogP contribution >= 0.6 is 0 Å². The number of fused-ring (bicyclic) bond motifs is 25. The van der Waals surface area contributed by atoms with Crippen LogP contribution in [0.5, 0.6) is 0 Å². The predicted molar refractivity (Wildman–Crippen MR) is 495 cm³/mol. The molecule has 0 unspecified atom stereocenters. The normalized spacial score (nSPS) is 15.6. The molecule has 0 spiro atoms. The van der Waals surface area contributed by atoms with Crippen molar-refractivity contribution in [2.75, 3.05) is 4.90 Å². The molecule has 6 aliphatic carbocycles. The first kappa shape index (κ1) is 76.2. The summed E-state index contributed by atoms with van der Waals surface area (Å²) in [7, 11) is 0. The molecule has 0 bridgehead atoms. The van der Waals surface area contributed by atoms with Crippen LogP contribution < -0.4 is 4.90 Å². The molecule has 116 heavy (non-hydrogen) atoms. The highest BCUT2D eigenvalue weighted by molar-refractivity contribution is 6.21. The molecule has 0 saturated heterocycles. The van der Waals surface area contributed by atoms with Crippen LogP contribution in [-0.4, -0.2) is 0 Å². The Balaban J connectivity index is 0.750. The molecule has 2 nitrogen and oxygen atoms in total. The van der Waals surface area contributed by atoms with Crippen molar-refractivity contribution in [2.24, 2.45) is 0 Å². The average Bonchev–Trinajstić information content (AvgIpc) is 1.50. The van der Waals surface area contributed by atoms with Crippen LogP contribution in [0.15, 0.2) is 223 Å². The number of para-hydroxylation sites is 2. The van der Waals surface area contributed by atoms with E-state index in [1.807, 2.05) is 0 Å². The smallest absolute Gasteiger partial charge is 0.144 e. The zero-order valence-corrected chi connectivity index (χ0v) is 71.5. The largest absolute Gasteiger partial charge is 0.455 e. The lowest BCUT2D eigenvalue weighted by atomic mass is 9.68. The van der Waals surface area contributed by atoms with Crippen molar-refractivity contribution < 1.29 is 4.42 Å². The number of hydrogen-bond acceptors (Lipinski definition) is 2. The number of rotatable bonds is 29. The minimum Gasteiger partial charge on any atom is -0.455 e. The number of aryl methyl sites for hydroxylation is 2. The Morgan fingerprint density at radius 3 is 1.38 bits per heavy atom. The van der Waals surface area contributed by atoms with Crippen molar-refractivity contribution in [3.63, 3.8) is 0 Å². The average molecular weight is 1520 g/mol. The zero-order chi connectivity index (χ0) is 79.4. The first-order valence-corrected chi connectivity index (χ1v) is 45.7. The van der Waals surface area contributed by atoms with Crippen LogP contribution in [0.2, 0.25) is 0 Å². The van der Waals surface area contributed by atoms with Gasteiger partial charge in [-0.05, 0) is 262 Å². The third kappa shape index (κ3) is 12.1. The summed E-state index contributed by atoms with van der Waals surface area (Å²) >= 11 is 0. The number of anilines is 3. The fourth-order valence-corrected chi connectivity index (χ4v) is 23.9. The highest BCUT2D eigenvalue weighted by Crippen LogP contribution is 2.66. The van der Waals surface area contributed by atoms with Gasteiger partial charge in [0.15, 0.2) is 0 Å². The zero-order valence-electron chi connectivity index (χ0n) is 71.5. The van der Waals surface area contributed by atoms with Crippen molar-refractivity contribution in [3.8, 4) is 89.0 Å². The molecule has 13 aromatic rings. The summed E-state index contributed by atoms with van der Waals surface area (Å²) in [6.07, 6.45) is 32.3. The van der Waals surface area contributed by atoms with E-state index in [0.717, 1.165) is 36.8 Å². The monoisotopic (exact) mass is 1520 g/mol. The molecule has 19 rings (SSSR count). The Labute approximate surface area is 693 Å². The van der Waals surface area contributed by atoms with Crippen LogP contribution in [0.1, 0.15) is 296 Å². The van der Waals surface area contributed by atoms with Crippen LogP contribution in [0.3, 0.4) is 0 Å². The Bertz CT molecular complexity index is 5960. The second-order valence-electron chi connectivity index (χ2n) is 37.8. The van der Waals surface area contributed by atoms with Crippen LogP contribution in [0.25, 0.3) is 111 Å². The van der Waals surface area contributed by atoms with Crippen molar-refractivity contribution in [1.82, 2.24) is 0 Å². The summed E-state index contributed by atoms with van der Waals surface area (Å²) in [5.41, 5.74) is 45.9. The Morgan fingerprint density at radius 1 is 0.310 bits per heavy atom. The molecular formula is C114H121NO. The van der Waals surface area contributed by atoms with Crippen molar-refractivity contribution in [3.05, 3.63) is 291 Å². The first-order valence-electron chi connectivity index (χ1n) is 45.7. The molecule has 0 N–H and O–H groups in total. The molecule has 1 heterocycles. The molecule has 0 aliphatic heterocycles. The van der Waals surface area contributed by atoms with Gasteiger partial charge in [0.2, 0.25) is 0 Å². The molecule has 6 aliphatic rings. The van der Waals surface area contributed by atoms with E-state index in [4.69, 9.17) is 4.42 Å². The molecule has 0 atom stereocenters. The summed E-state index contributed by atoms with van der Waals surface area (Å²) in [4.78, 5) is 2.66. The fraction of sp³-hybridized carbons (Fsp3) is 0.368. The number of unbranched alkanes of at least 4 members (excludes halogenated alkanes) is 16. The van der Waals surface area contributed by atoms with Gasteiger partial charge in [-0.3, -0.25) is 0 Å². The number of furan rings is 1. The van der Waals surface area contributed by atoms with E-state index in [9.17, 15) is 0 Å². The van der Waals surface area contributed by atoms with Gasteiger partial charge in [-0.2, -0.15) is 0 Å². The third-order valence-corrected chi connectivity index (χ3v) is 29.8. The standard InChI is InChI=1S/C114H121NO/c1-12-16-20-24-38-64-113(65-39-25-21-17-13-2)93-49-35-31-45-82(93)85-59-54-77(69-97(85)113)76-53-58-83-84-60-55-78(70-95(84)110(6,7)94(83)68-76)91-73-99-103(102-81-44-30-29-43-75(81)52-61-86(91)102)89-63-57-80(72-98(89)114(99,66-40-26-22-18-14-3)67-41-27-23-19-15-4)115(100-50-36-28-42-74(100)5)79-56-62-88-96(71-79)112(10,11)107-104(88)105-90-47-33-37-51-101(90)116-109(105)106-87-46-32-34-48-92(87)111(8,9)108(106)107/h28-37,42-51,53-60,62-63,68-73H,12-27,38-41,52,61,64-67H2,1-11H3. The lowest BCUT2D eigenvalue weighted by molar-refractivity contribution is 0.399. The molecule has 0 radical (unpaired) electrons. The Hall–Kier alpha value is -9.76. The van der Waals surface area contributed by atoms with E-state index in [1.165, 1.54) is 314 Å². The molecule has 0 saturated carbocycles. The maximum Gasteiger partial charge on any atom is 0.144 e. The maximum absolute atomic E-state index is 7.17. The van der Waals surface area contributed by atoms with E-state index in [2.05, 4.69) is 299 Å². The summed E-state index contributed by atoms with van der Waals surface area (Å²) in [6, 6.07) is 87.5. The van der Waals surface area contributed by atoms with Gasteiger partial charge in [-0.15, -0.1) is 0 Å². The first-order chi connectivity index (χ1) is 56.6. The number of benzene rings is 12. The van der Waals surface area contributed by atoms with Gasteiger partial charge in [0.1, 0.15) is 11.2 Å². The minimum absolute atomic E-state index is 0.0369. The van der Waals surface area contributed by atoms with Crippen molar-refractivity contribution in [1.29, 1.82) is 0 Å². The van der Waals surface area contributed by atoms with Gasteiger partial charge in [-0.1, -0.05) is 355 Å². The van der Waals surface area contributed by atoms with E-state index in [0.29, 0.717) is 0 Å². The van der Waals surface area contributed by atoms with Crippen LogP contribution in [0.4, 0.5) is 17.1 Å². The van der Waals surface area contributed by atoms with E-state index < -0.39 is 0 Å². The lowest BCUT2D eigenvalue weighted by Gasteiger charge is -2.35. The maximum atomic E-state index is 7.17. The predicted octanol–water partition coefficient (Wildman–Crippen LogP) is 33.4. The van der Waals surface area contributed by atoms with Crippen molar-refractivity contribution >= 4 is 39.0 Å². The number of hydrogen-bond donors (Lipinski definition) is 0. The molecule has 0 fully saturated rings. The SMILES string of the molecule is CCCCCCCC1(CCCCCCC)c2ccccc2-c2ccc(-c3ccc4c(c3)C(C)(C)c3cc(-c5cc6c(c7c5CCc5ccccc5-7)-c5ccc(N(c7ccc8c(c7)C(C)(C)c7c9c(c%10oc%11ccccc%11c%10c7-8)-c7ccccc7C9(C)C)c7ccccc7C)cc5C6(CCCCCCC)CCCCCCC)ccc3-4)cc21. The Morgan fingerprint density at radius 2 is 0.750 bits per heavy atom. The van der Waals surface area contributed by atoms with Gasteiger partial charge in [0.25, 0.3) is 0 Å². The van der Waals surface area contributed by atoms with Gasteiger partial charge in [-0.25, -0.2) is 0 Å².